The standard InChI is InChI=1S/C22H22ClF4NO2/c23-12-15(13-24)14-28-9-11-29-17-5-3-16(4-6-17)18-7-8-20(22(25,26)27)21-19(18)2-1-10-30-21/h1-8,10,15,18,28H,9,11-14H2/t15?,18-/m1/s1. The molecule has 0 amide bonds. The predicted molar refractivity (Wildman–Crippen MR) is 108 cm³/mol. The molecule has 1 aliphatic heterocycles. The number of ether oxygens (including phenoxy) is 2. The minimum absolute atomic E-state index is 0.160. The molecule has 0 aromatic heterocycles. The number of rotatable bonds is 9. The SMILES string of the molecule is FCC(CCl)CNCCOc1ccc([C@H]2C=CC(C(F)(F)F)=C3OC=CC=C32)cc1. The van der Waals surface area contributed by atoms with E-state index < -0.39 is 18.4 Å². The van der Waals surface area contributed by atoms with Crippen LogP contribution in [0.1, 0.15) is 11.5 Å². The molecule has 1 aromatic rings. The van der Waals surface area contributed by atoms with Crippen molar-refractivity contribution < 1.29 is 27.0 Å². The van der Waals surface area contributed by atoms with Crippen LogP contribution in [0.3, 0.4) is 0 Å². The molecule has 1 unspecified atom stereocenters. The highest BCUT2D eigenvalue weighted by Gasteiger charge is 2.40. The second-order valence-corrected chi connectivity index (χ2v) is 7.25. The third-order valence-corrected chi connectivity index (χ3v) is 5.24. The molecule has 2 atom stereocenters. The molecule has 0 saturated carbocycles. The van der Waals surface area contributed by atoms with Gasteiger partial charge in [-0.25, -0.2) is 0 Å². The van der Waals surface area contributed by atoms with Gasteiger partial charge in [0.05, 0.1) is 18.5 Å². The van der Waals surface area contributed by atoms with E-state index in [0.717, 1.165) is 11.6 Å². The van der Waals surface area contributed by atoms with Gasteiger partial charge in [-0.05, 0) is 29.8 Å². The molecule has 1 aliphatic carbocycles. The highest BCUT2D eigenvalue weighted by molar-refractivity contribution is 6.18. The Morgan fingerprint density at radius 3 is 2.63 bits per heavy atom. The van der Waals surface area contributed by atoms with Crippen LogP contribution >= 0.6 is 11.6 Å². The summed E-state index contributed by atoms with van der Waals surface area (Å²) in [6.07, 6.45) is 2.58. The number of benzene rings is 1. The van der Waals surface area contributed by atoms with Gasteiger partial charge < -0.3 is 14.8 Å². The molecule has 3 rings (SSSR count). The lowest BCUT2D eigenvalue weighted by molar-refractivity contribution is -0.0910. The average molecular weight is 444 g/mol. The van der Waals surface area contributed by atoms with Crippen LogP contribution < -0.4 is 10.1 Å². The van der Waals surface area contributed by atoms with E-state index in [1.807, 2.05) is 12.1 Å². The molecule has 1 heterocycles. The van der Waals surface area contributed by atoms with Gasteiger partial charge in [0.1, 0.15) is 18.1 Å². The molecule has 0 fully saturated rings. The Morgan fingerprint density at radius 2 is 1.97 bits per heavy atom. The van der Waals surface area contributed by atoms with E-state index in [2.05, 4.69) is 5.32 Å². The molecule has 0 bridgehead atoms. The Bertz CT molecular complexity index is 840. The highest BCUT2D eigenvalue weighted by Crippen LogP contribution is 2.43. The first-order chi connectivity index (χ1) is 14.4. The van der Waals surface area contributed by atoms with Crippen molar-refractivity contribution in [3.63, 3.8) is 0 Å². The lowest BCUT2D eigenvalue weighted by Gasteiger charge is -2.27. The van der Waals surface area contributed by atoms with Gasteiger partial charge in [0.25, 0.3) is 0 Å². The van der Waals surface area contributed by atoms with Gasteiger partial charge in [0.2, 0.25) is 0 Å². The summed E-state index contributed by atoms with van der Waals surface area (Å²) in [5.74, 6) is 0.187. The summed E-state index contributed by atoms with van der Waals surface area (Å²) in [6, 6.07) is 7.18. The smallest absolute Gasteiger partial charge is 0.419 e. The summed E-state index contributed by atoms with van der Waals surface area (Å²) in [5.41, 5.74) is 0.506. The topological polar surface area (TPSA) is 30.5 Å². The third-order valence-electron chi connectivity index (χ3n) is 4.80. The highest BCUT2D eigenvalue weighted by atomic mass is 35.5. The fourth-order valence-electron chi connectivity index (χ4n) is 3.21. The van der Waals surface area contributed by atoms with Crippen LogP contribution in [0, 0.1) is 5.92 Å². The number of fused-ring (bicyclic) bond motifs is 1. The Morgan fingerprint density at radius 1 is 1.20 bits per heavy atom. The number of hydrogen-bond donors (Lipinski definition) is 1. The average Bonchev–Trinajstić information content (AvgIpc) is 2.75. The van der Waals surface area contributed by atoms with Crippen molar-refractivity contribution >= 4 is 11.6 Å². The van der Waals surface area contributed by atoms with Crippen LogP contribution in [0.25, 0.3) is 0 Å². The number of allylic oxidation sites excluding steroid dienone is 6. The maximum atomic E-state index is 13.3. The lowest BCUT2D eigenvalue weighted by Crippen LogP contribution is -2.28. The molecule has 0 radical (unpaired) electrons. The van der Waals surface area contributed by atoms with E-state index in [1.54, 1.807) is 24.3 Å². The molecule has 162 valence electrons. The summed E-state index contributed by atoms with van der Waals surface area (Å²) in [6.45, 7) is 0.964. The van der Waals surface area contributed by atoms with Crippen LogP contribution in [0.2, 0.25) is 0 Å². The summed E-state index contributed by atoms with van der Waals surface area (Å²) in [7, 11) is 0. The van der Waals surface area contributed by atoms with E-state index in [9.17, 15) is 17.6 Å². The molecule has 1 aromatic carbocycles. The zero-order chi connectivity index (χ0) is 21.6. The summed E-state index contributed by atoms with van der Waals surface area (Å²) < 4.78 is 63.2. The van der Waals surface area contributed by atoms with Crippen molar-refractivity contribution in [3.8, 4) is 5.75 Å². The van der Waals surface area contributed by atoms with Crippen LogP contribution in [-0.4, -0.2) is 38.4 Å². The Kier molecular flexibility index (Phi) is 7.61. The zero-order valence-corrected chi connectivity index (χ0v) is 16.8. The largest absolute Gasteiger partial charge is 0.492 e. The zero-order valence-electron chi connectivity index (χ0n) is 16.1. The van der Waals surface area contributed by atoms with E-state index in [-0.39, 0.29) is 23.5 Å². The number of hydrogen-bond acceptors (Lipinski definition) is 3. The maximum absolute atomic E-state index is 13.3. The Labute approximate surface area is 177 Å². The molecule has 2 aliphatic rings. The number of alkyl halides is 5. The Balaban J connectivity index is 1.60. The molecule has 0 spiro atoms. The van der Waals surface area contributed by atoms with E-state index in [0.29, 0.717) is 31.0 Å². The number of nitrogens with one attached hydrogen (secondary N) is 1. The molecule has 0 saturated heterocycles. The molecular weight excluding hydrogens is 422 g/mol. The van der Waals surface area contributed by atoms with Crippen LogP contribution in [0.5, 0.6) is 5.75 Å². The first-order valence-corrected chi connectivity index (χ1v) is 10.1. The van der Waals surface area contributed by atoms with Gasteiger partial charge in [-0.1, -0.05) is 24.3 Å². The van der Waals surface area contributed by atoms with Gasteiger partial charge >= 0.3 is 6.18 Å². The van der Waals surface area contributed by atoms with Crippen molar-refractivity contribution in [1.29, 1.82) is 0 Å². The minimum atomic E-state index is -4.49. The van der Waals surface area contributed by atoms with Crippen LogP contribution in [0.15, 0.2) is 71.7 Å². The number of halogens is 5. The third kappa shape index (κ3) is 5.46. The fourth-order valence-corrected chi connectivity index (χ4v) is 3.40. The first-order valence-electron chi connectivity index (χ1n) is 9.53. The second-order valence-electron chi connectivity index (χ2n) is 6.94. The van der Waals surface area contributed by atoms with Gasteiger partial charge in [-0.3, -0.25) is 4.39 Å². The fraction of sp³-hybridized carbons (Fsp3) is 0.364. The van der Waals surface area contributed by atoms with Crippen molar-refractivity contribution in [1.82, 2.24) is 5.32 Å². The van der Waals surface area contributed by atoms with E-state index in [4.69, 9.17) is 21.1 Å². The summed E-state index contributed by atoms with van der Waals surface area (Å²) in [5, 5.41) is 3.08. The van der Waals surface area contributed by atoms with Gasteiger partial charge in [-0.2, -0.15) is 13.2 Å². The minimum Gasteiger partial charge on any atom is -0.492 e. The maximum Gasteiger partial charge on any atom is 0.419 e. The van der Waals surface area contributed by atoms with Crippen molar-refractivity contribution in [3.05, 3.63) is 77.3 Å². The van der Waals surface area contributed by atoms with Crippen LogP contribution in [0.4, 0.5) is 17.6 Å². The normalized spacial score (nSPS) is 19.2. The molecular formula is C22H22ClF4NO2. The second kappa shape index (κ2) is 10.2. The molecule has 8 heteroatoms. The van der Waals surface area contributed by atoms with E-state index >= 15 is 0 Å². The van der Waals surface area contributed by atoms with Gasteiger partial charge in [-0.15, -0.1) is 11.6 Å². The first kappa shape index (κ1) is 22.4. The monoisotopic (exact) mass is 443 g/mol. The van der Waals surface area contributed by atoms with E-state index in [1.165, 1.54) is 12.3 Å². The summed E-state index contributed by atoms with van der Waals surface area (Å²) >= 11 is 5.64. The predicted octanol–water partition coefficient (Wildman–Crippen LogP) is 5.42. The molecule has 1 N–H and O–H groups in total. The quantitative estimate of drug-likeness (QED) is 0.314. The molecule has 3 nitrogen and oxygen atoms in total. The Hall–Kier alpha value is -2.25. The van der Waals surface area contributed by atoms with Crippen molar-refractivity contribution in [2.24, 2.45) is 5.92 Å². The van der Waals surface area contributed by atoms with Crippen LogP contribution in [-0.2, 0) is 4.74 Å². The van der Waals surface area contributed by atoms with Gasteiger partial charge in [0, 0.05) is 36.4 Å². The van der Waals surface area contributed by atoms with Crippen molar-refractivity contribution in [2.75, 3.05) is 32.3 Å². The lowest BCUT2D eigenvalue weighted by atomic mass is 9.83. The van der Waals surface area contributed by atoms with Gasteiger partial charge in [0.15, 0.2) is 0 Å². The van der Waals surface area contributed by atoms with Crippen molar-refractivity contribution in [2.45, 2.75) is 12.1 Å². The molecule has 30 heavy (non-hydrogen) atoms. The summed E-state index contributed by atoms with van der Waals surface area (Å²) in [4.78, 5) is 0.